The molecule has 20 atom stereocenters. The summed E-state index contributed by atoms with van der Waals surface area (Å²) in [5.41, 5.74) is 0.921. The van der Waals surface area contributed by atoms with Crippen molar-refractivity contribution in [2.75, 3.05) is 34.5 Å². The number of hydrogen-bond acceptors (Lipinski definition) is 38. The van der Waals surface area contributed by atoms with Gasteiger partial charge in [-0.2, -0.15) is 0 Å². The lowest BCUT2D eigenvalue weighted by atomic mass is 9.93. The number of esters is 2. The van der Waals surface area contributed by atoms with E-state index in [4.69, 9.17) is 42.6 Å². The van der Waals surface area contributed by atoms with Gasteiger partial charge >= 0.3 is 11.9 Å². The van der Waals surface area contributed by atoms with Gasteiger partial charge in [-0.1, -0.05) is 61.0 Å². The molecule has 526 valence electrons. The van der Waals surface area contributed by atoms with Gasteiger partial charge in [0.2, 0.25) is 47.5 Å². The summed E-state index contributed by atoms with van der Waals surface area (Å²) in [4.78, 5) is 66.7. The summed E-state index contributed by atoms with van der Waals surface area (Å²) in [7, 11) is -27.0. The zero-order chi connectivity index (χ0) is 69.3. The fourth-order valence-electron chi connectivity index (χ4n) is 10.1. The van der Waals surface area contributed by atoms with Crippen molar-refractivity contribution < 1.29 is 173 Å². The maximum Gasteiger partial charge on any atom is 0.337 e. The minimum absolute atomic E-state index is 0.0977. The van der Waals surface area contributed by atoms with Crippen LogP contribution in [-0.4, -0.2) is 272 Å². The van der Waals surface area contributed by atoms with Crippen molar-refractivity contribution >= 4 is 81.3 Å². The van der Waals surface area contributed by atoms with Gasteiger partial charge < -0.3 is 95.9 Å². The summed E-state index contributed by atoms with van der Waals surface area (Å²) >= 11 is 0. The van der Waals surface area contributed by atoms with E-state index in [1.807, 2.05) is 0 Å². The van der Waals surface area contributed by atoms with Gasteiger partial charge in [0.15, 0.2) is 65.2 Å². The average Bonchev–Trinajstić information content (AvgIpc) is 0.777. The molecule has 0 saturated carbocycles. The van der Waals surface area contributed by atoms with Crippen LogP contribution in [0.5, 0.6) is 0 Å². The first-order valence-corrected chi connectivity index (χ1v) is 33.7. The van der Waals surface area contributed by atoms with Crippen LogP contribution in [0.2, 0.25) is 0 Å². The Bertz CT molecular complexity index is 3490. The van der Waals surface area contributed by atoms with Crippen molar-refractivity contribution in [2.24, 2.45) is 0 Å². The maximum atomic E-state index is 14.0. The van der Waals surface area contributed by atoms with Gasteiger partial charge in [-0.05, 0) is 19.8 Å². The summed E-state index contributed by atoms with van der Waals surface area (Å²) in [5.74, 6) is -4.92. The Labute approximate surface area is 529 Å². The van der Waals surface area contributed by atoms with Crippen molar-refractivity contribution in [3.05, 3.63) is 71.3 Å². The van der Waals surface area contributed by atoms with Gasteiger partial charge in [0.25, 0.3) is 0 Å². The van der Waals surface area contributed by atoms with Crippen LogP contribution in [0.25, 0.3) is 0 Å². The molecule has 2 aromatic carbocycles. The van der Waals surface area contributed by atoms with Crippen LogP contribution in [0.4, 0.5) is 0 Å². The third kappa shape index (κ3) is 21.8. The Kier molecular flexibility index (Phi) is 26.9. The highest BCUT2D eigenvalue weighted by Gasteiger charge is 2.59. The predicted octanol–water partition coefficient (Wildman–Crippen LogP) is -6.48. The van der Waals surface area contributed by atoms with Gasteiger partial charge in [0, 0.05) is 36.6 Å². The molecule has 4 fully saturated rings. The van der Waals surface area contributed by atoms with E-state index in [1.54, 1.807) is 30.3 Å². The molecule has 0 bridgehead atoms. The van der Waals surface area contributed by atoms with Gasteiger partial charge in [-0.3, -0.25) is 31.1 Å². The summed E-state index contributed by atoms with van der Waals surface area (Å²) < 4.78 is 252. The summed E-state index contributed by atoms with van der Waals surface area (Å²) in [6.07, 6.45) is -45.8. The Hall–Kier alpha value is -4.94. The summed E-state index contributed by atoms with van der Waals surface area (Å²) in [6, 6.07) is 9.56. The molecule has 0 aliphatic carbocycles. The van der Waals surface area contributed by atoms with E-state index in [-0.39, 0.29) is 42.8 Å². The number of ether oxygens (including phenoxy) is 10. The number of unbranched alkanes of at least 4 members (excludes halogenated alkanes) is 2. The standard InChI is InChI=1S/C48H66N2O38S5/c1-21-29(50-89(60,61)62)32(54)36(26(80-21)19-78-90(63,64)65)82-48-41(88-93(72,73)74)35(57)39(43(86-48)45(59)77-4)84-46-30(49-28(52)14-10-6-9-13-25(51)22-15-17-24(18-16-22)31(53)23-11-7-5-8-12-23)33(55)37(27(81-46)20-79-91(66,67)68)83-47-40(87-92(69,70)71)34(56)38(75-2)42(85-47)44(58)76-3/h5,7-8,11-12,15-18,21,26-27,29-30,32-43,46-48,50,54-57H,6,9-10,13-14,19-20H2,1-4H3,(H,49,52)(H,60,61,62)(H,63,64,65)(H,66,67,68)(H,69,70,71)(H,72,73,74)/p-5/t21-,26?,27?,29?,30?,32+,33+,34+,35+,36-,37-,38+,39+,40?,41?,42?,43?,46-,47+,48+/m0/s1. The second-order valence-electron chi connectivity index (χ2n) is 20.6. The molecule has 1 amide bonds. The van der Waals surface area contributed by atoms with Crippen LogP contribution in [0.15, 0.2) is 54.6 Å². The summed E-state index contributed by atoms with van der Waals surface area (Å²) in [5, 5.41) is 49.3. The molecule has 93 heavy (non-hydrogen) atoms. The molecule has 0 aromatic heterocycles. The van der Waals surface area contributed by atoms with E-state index < -0.39 is 212 Å². The topological polar surface area (TPSA) is 606 Å². The van der Waals surface area contributed by atoms with Gasteiger partial charge in [0.05, 0.1) is 39.6 Å². The lowest BCUT2D eigenvalue weighted by molar-refractivity contribution is -0.366. The van der Waals surface area contributed by atoms with Crippen LogP contribution in [0.1, 0.15) is 65.3 Å². The van der Waals surface area contributed by atoms with Gasteiger partial charge in [-0.15, -0.1) is 0 Å². The molecule has 0 spiro atoms. The number of aliphatic hydroxyl groups is 4. The molecule has 4 aliphatic rings. The molecule has 40 nitrogen and oxygen atoms in total. The predicted molar refractivity (Wildman–Crippen MR) is 287 cm³/mol. The van der Waals surface area contributed by atoms with E-state index in [9.17, 15) is 109 Å². The number of benzene rings is 2. The molecule has 4 aliphatic heterocycles. The molecule has 4 saturated heterocycles. The molecule has 8 unspecified atom stereocenters. The molecule has 4 heterocycles. The van der Waals surface area contributed by atoms with Crippen molar-refractivity contribution in [3.63, 3.8) is 0 Å². The molecule has 6 N–H and O–H groups in total. The molecular weight excluding hydrogens is 1370 g/mol. The number of hydrogen-bond donors (Lipinski definition) is 6. The lowest BCUT2D eigenvalue weighted by Gasteiger charge is -2.50. The second-order valence-corrected chi connectivity index (χ2v) is 25.8. The first-order chi connectivity index (χ1) is 43.2. The highest BCUT2D eigenvalue weighted by Crippen LogP contribution is 2.38. The SMILES string of the molecule is COC(=O)C1O[C@@H](O[C@H]2C(COS(=O)(=O)[O-])O[C@@H](O[C@H]3C(C(=O)OC)O[C@@H](O[C@H]4C(COS(=O)(=O)[O-])O[C@@H](C)C(NS(=O)(=O)[O-])[C@H]4O)C(OS(=O)(=O)[O-])[C@@H]3O)C(NC(=O)CCCCCC(=O)c3ccc(C(=O)c4ccccc4)cc3)[C@H]2O)C(OS(=O)(=O)[O-])[C@H](O)[C@H]1OC. The highest BCUT2D eigenvalue weighted by atomic mass is 32.3. The minimum atomic E-state index is -6.22. The second kappa shape index (κ2) is 32.4. The van der Waals surface area contributed by atoms with Crippen LogP contribution < -0.4 is 10.0 Å². The first kappa shape index (κ1) is 77.1. The van der Waals surface area contributed by atoms with E-state index in [0.717, 1.165) is 21.1 Å². The number of Topliss-reactive ketones (excluding diaryl/α,β-unsaturated/α-hetero) is 1. The average molecular weight is 1430 g/mol. The van der Waals surface area contributed by atoms with Gasteiger partial charge in [-0.25, -0.2) is 56.4 Å². The van der Waals surface area contributed by atoms with Gasteiger partial charge in [0.1, 0.15) is 67.1 Å². The van der Waals surface area contributed by atoms with Crippen LogP contribution in [-0.2, 0) is 130 Å². The zero-order valence-corrected chi connectivity index (χ0v) is 52.5. The minimum Gasteiger partial charge on any atom is -0.735 e. The lowest BCUT2D eigenvalue weighted by Crippen LogP contribution is -2.70. The maximum absolute atomic E-state index is 14.0. The fraction of sp³-hybridized carbons (Fsp3) is 0.646. The zero-order valence-electron chi connectivity index (χ0n) is 48.4. The molecular formula is C48H61N2O38S5-5. The van der Waals surface area contributed by atoms with Crippen LogP contribution in [0, 0.1) is 0 Å². The third-order valence-corrected chi connectivity index (χ3v) is 16.7. The highest BCUT2D eigenvalue weighted by molar-refractivity contribution is 7.83. The molecule has 6 rings (SSSR count). The van der Waals surface area contributed by atoms with Crippen molar-refractivity contribution in [1.82, 2.24) is 10.0 Å². The monoisotopic (exact) mass is 1430 g/mol. The number of ketones is 2. The number of carbonyl (C=O) groups excluding carboxylic acids is 5. The van der Waals surface area contributed by atoms with Crippen molar-refractivity contribution in [2.45, 2.75) is 162 Å². The smallest absolute Gasteiger partial charge is 0.337 e. The fourth-order valence-corrected chi connectivity index (χ4v) is 12.3. The Morgan fingerprint density at radius 1 is 0.495 bits per heavy atom. The Balaban J connectivity index is 1.36. The van der Waals surface area contributed by atoms with Crippen molar-refractivity contribution in [3.8, 4) is 0 Å². The molecule has 45 heteroatoms. The number of rotatable bonds is 31. The first-order valence-electron chi connectivity index (χ1n) is 27.0. The van der Waals surface area contributed by atoms with E-state index in [2.05, 4.69) is 26.8 Å². The van der Waals surface area contributed by atoms with E-state index >= 15 is 0 Å². The van der Waals surface area contributed by atoms with E-state index in [1.165, 1.54) is 29.0 Å². The van der Waals surface area contributed by atoms with Crippen LogP contribution >= 0.6 is 0 Å². The number of amides is 1. The van der Waals surface area contributed by atoms with E-state index in [0.29, 0.717) is 18.2 Å². The van der Waals surface area contributed by atoms with Crippen LogP contribution in [0.3, 0.4) is 0 Å². The quantitative estimate of drug-likeness (QED) is 0.0134. The Morgan fingerprint density at radius 2 is 0.935 bits per heavy atom. The summed E-state index contributed by atoms with van der Waals surface area (Å²) in [6.45, 7) is -2.13. The Morgan fingerprint density at radius 3 is 1.41 bits per heavy atom. The number of aliphatic hydroxyl groups excluding tert-OH is 4. The molecule has 0 radical (unpaired) electrons. The molecule has 2 aromatic rings. The number of methoxy groups -OCH3 is 3. The van der Waals surface area contributed by atoms with Crippen molar-refractivity contribution in [1.29, 1.82) is 0 Å². The number of nitrogens with one attached hydrogen (secondary N) is 2. The largest absolute Gasteiger partial charge is 0.735 e. The normalized spacial score (nSPS) is 32.2. The third-order valence-electron chi connectivity index (χ3n) is 14.3. The number of carbonyl (C=O) groups is 5.